The van der Waals surface area contributed by atoms with Crippen molar-refractivity contribution in [1.29, 1.82) is 0 Å². The lowest BCUT2D eigenvalue weighted by Gasteiger charge is -2.09. The highest BCUT2D eigenvalue weighted by molar-refractivity contribution is 5.67. The molecule has 0 aliphatic heterocycles. The first-order valence-corrected chi connectivity index (χ1v) is 15.8. The highest BCUT2D eigenvalue weighted by Gasteiger charge is 2.02. The van der Waals surface area contributed by atoms with Crippen molar-refractivity contribution in [2.24, 2.45) is 0 Å². The number of amides is 1. The molecule has 1 amide bonds. The Kier molecular flexibility index (Phi) is 29.3. The van der Waals surface area contributed by atoms with Gasteiger partial charge in [-0.15, -0.1) is 0 Å². The van der Waals surface area contributed by atoms with E-state index in [9.17, 15) is 4.79 Å². The Balaban J connectivity index is 1.65. The molecule has 0 fully saturated rings. The van der Waals surface area contributed by atoms with E-state index < -0.39 is 6.09 Å². The first-order chi connectivity index (χ1) is 20.8. The smallest absolute Gasteiger partial charge is 0.407 e. The van der Waals surface area contributed by atoms with Gasteiger partial charge in [0.1, 0.15) is 6.61 Å². The van der Waals surface area contributed by atoms with Gasteiger partial charge in [-0.25, -0.2) is 4.79 Å². The molecule has 244 valence electrons. The minimum atomic E-state index is -0.460. The molecule has 0 unspecified atom stereocenters. The predicted molar refractivity (Wildman–Crippen MR) is 163 cm³/mol. The van der Waals surface area contributed by atoms with Gasteiger partial charge in [-0.2, -0.15) is 0 Å². The number of benzene rings is 1. The van der Waals surface area contributed by atoms with Crippen molar-refractivity contribution in [2.45, 2.75) is 64.9 Å². The molecule has 0 bridgehead atoms. The van der Waals surface area contributed by atoms with Crippen LogP contribution >= 0.6 is 0 Å². The zero-order valence-corrected chi connectivity index (χ0v) is 26.0. The molecule has 0 saturated carbocycles. The molecule has 42 heavy (non-hydrogen) atoms. The van der Waals surface area contributed by atoms with Crippen LogP contribution in [0.5, 0.6) is 0 Å². The molecule has 1 aromatic rings. The molecule has 0 heterocycles. The lowest BCUT2D eigenvalue weighted by molar-refractivity contribution is -0.0204. The summed E-state index contributed by atoms with van der Waals surface area (Å²) in [5.74, 6) is 0. The summed E-state index contributed by atoms with van der Waals surface area (Å²) < 4.78 is 43.6. The van der Waals surface area contributed by atoms with Gasteiger partial charge < -0.3 is 43.2 Å². The topological polar surface area (TPSA) is 103 Å². The van der Waals surface area contributed by atoms with E-state index in [1.165, 1.54) is 44.9 Å². The number of unbranched alkanes of at least 4 members (excludes halogenated alkanes) is 7. The molecule has 0 aliphatic rings. The van der Waals surface area contributed by atoms with Gasteiger partial charge in [0.25, 0.3) is 0 Å². The predicted octanol–water partition coefficient (Wildman–Crippen LogP) is 5.17. The molecule has 1 aromatic carbocycles. The molecular formula is C32H57NO9. The lowest BCUT2D eigenvalue weighted by atomic mass is 10.1. The van der Waals surface area contributed by atoms with Gasteiger partial charge in [0.05, 0.1) is 85.9 Å². The molecule has 0 spiro atoms. The van der Waals surface area contributed by atoms with Crippen LogP contribution in [-0.2, 0) is 44.5 Å². The number of hydrogen-bond donors (Lipinski definition) is 1. The summed E-state index contributed by atoms with van der Waals surface area (Å²) in [5.41, 5.74) is 0.945. The van der Waals surface area contributed by atoms with Crippen LogP contribution in [0.15, 0.2) is 30.3 Å². The number of rotatable bonds is 32. The van der Waals surface area contributed by atoms with Gasteiger partial charge in [0.15, 0.2) is 0 Å². The van der Waals surface area contributed by atoms with Crippen LogP contribution in [0.1, 0.15) is 63.9 Å². The van der Waals surface area contributed by atoms with Gasteiger partial charge >= 0.3 is 6.09 Å². The van der Waals surface area contributed by atoms with Crippen LogP contribution in [0.4, 0.5) is 4.79 Å². The third-order valence-electron chi connectivity index (χ3n) is 6.10. The van der Waals surface area contributed by atoms with Crippen molar-refractivity contribution in [3.05, 3.63) is 35.9 Å². The molecule has 10 heteroatoms. The molecule has 1 N–H and O–H groups in total. The molecule has 0 radical (unpaired) electrons. The summed E-state index contributed by atoms with van der Waals surface area (Å²) in [6, 6.07) is 9.53. The minimum Gasteiger partial charge on any atom is -0.445 e. The van der Waals surface area contributed by atoms with E-state index in [1.54, 1.807) is 0 Å². The Morgan fingerprint density at radius 3 is 1.40 bits per heavy atom. The SMILES string of the molecule is CCCCCCCCCCOCCOCCOCCOCCOCCOCCOCCNC(=O)OCc1ccccc1. The average molecular weight is 600 g/mol. The third-order valence-corrected chi connectivity index (χ3v) is 6.10. The standard InChI is InChI=1S/C32H57NO9/c1-2-3-4-5-6-7-8-12-16-35-18-20-37-22-24-39-26-28-41-29-27-40-25-23-38-21-19-36-17-15-33-32(34)42-30-31-13-10-9-11-14-31/h9-11,13-14H,2-8,12,15-30H2,1H3,(H,33,34). The molecule has 0 aromatic heterocycles. The summed E-state index contributed by atoms with van der Waals surface area (Å²) in [6.07, 6.45) is 10.1. The summed E-state index contributed by atoms with van der Waals surface area (Å²) in [6.45, 7) is 10.4. The number of carbonyl (C=O) groups excluding carboxylic acids is 1. The third kappa shape index (κ3) is 28.3. The zero-order chi connectivity index (χ0) is 30.0. The van der Waals surface area contributed by atoms with Crippen molar-refractivity contribution in [3.63, 3.8) is 0 Å². The van der Waals surface area contributed by atoms with Crippen molar-refractivity contribution in [3.8, 4) is 0 Å². The largest absolute Gasteiger partial charge is 0.445 e. The van der Waals surface area contributed by atoms with Crippen molar-refractivity contribution in [2.75, 3.05) is 99.0 Å². The Labute approximate surface area is 254 Å². The van der Waals surface area contributed by atoms with Crippen LogP contribution in [0.2, 0.25) is 0 Å². The van der Waals surface area contributed by atoms with E-state index in [4.69, 9.17) is 37.9 Å². The van der Waals surface area contributed by atoms with Gasteiger partial charge in [-0.1, -0.05) is 82.2 Å². The molecule has 0 aliphatic carbocycles. The van der Waals surface area contributed by atoms with Gasteiger partial charge in [0, 0.05) is 13.2 Å². The van der Waals surface area contributed by atoms with E-state index in [0.717, 1.165) is 18.6 Å². The highest BCUT2D eigenvalue weighted by Crippen LogP contribution is 2.08. The zero-order valence-electron chi connectivity index (χ0n) is 26.0. The van der Waals surface area contributed by atoms with Crippen LogP contribution in [0.25, 0.3) is 0 Å². The Bertz CT molecular complexity index is 681. The number of alkyl carbamates (subject to hydrolysis) is 1. The molecular weight excluding hydrogens is 542 g/mol. The fourth-order valence-corrected chi connectivity index (χ4v) is 3.76. The molecule has 1 rings (SSSR count). The van der Waals surface area contributed by atoms with Crippen LogP contribution in [-0.4, -0.2) is 105 Å². The van der Waals surface area contributed by atoms with Crippen molar-refractivity contribution in [1.82, 2.24) is 5.32 Å². The summed E-state index contributed by atoms with van der Waals surface area (Å²) in [5, 5.41) is 2.65. The normalized spacial score (nSPS) is 11.2. The highest BCUT2D eigenvalue weighted by atomic mass is 16.6. The monoisotopic (exact) mass is 599 g/mol. The maximum atomic E-state index is 11.6. The fraction of sp³-hybridized carbons (Fsp3) is 0.781. The quantitative estimate of drug-likeness (QED) is 0.112. The van der Waals surface area contributed by atoms with Crippen molar-refractivity contribution >= 4 is 6.09 Å². The fourth-order valence-electron chi connectivity index (χ4n) is 3.76. The van der Waals surface area contributed by atoms with E-state index in [2.05, 4.69) is 12.2 Å². The number of carbonyl (C=O) groups is 1. The Morgan fingerprint density at radius 1 is 0.524 bits per heavy atom. The molecule has 10 nitrogen and oxygen atoms in total. The summed E-state index contributed by atoms with van der Waals surface area (Å²) >= 11 is 0. The first-order valence-electron chi connectivity index (χ1n) is 15.8. The van der Waals surface area contributed by atoms with Crippen LogP contribution in [0, 0.1) is 0 Å². The second kappa shape index (κ2) is 32.1. The molecule has 0 atom stereocenters. The molecule has 0 saturated heterocycles. The van der Waals surface area contributed by atoms with Gasteiger partial charge in [-0.05, 0) is 12.0 Å². The lowest BCUT2D eigenvalue weighted by Crippen LogP contribution is -2.28. The van der Waals surface area contributed by atoms with E-state index >= 15 is 0 Å². The second-order valence-electron chi connectivity index (χ2n) is 9.75. The van der Waals surface area contributed by atoms with E-state index in [-0.39, 0.29) is 6.61 Å². The average Bonchev–Trinajstić information content (AvgIpc) is 3.01. The Hall–Kier alpha value is -1.79. The van der Waals surface area contributed by atoms with Crippen LogP contribution in [0.3, 0.4) is 0 Å². The number of ether oxygens (including phenoxy) is 8. The second-order valence-corrected chi connectivity index (χ2v) is 9.75. The Morgan fingerprint density at radius 2 is 0.929 bits per heavy atom. The van der Waals surface area contributed by atoms with Gasteiger partial charge in [0.2, 0.25) is 0 Å². The summed E-state index contributed by atoms with van der Waals surface area (Å²) in [7, 11) is 0. The maximum absolute atomic E-state index is 11.6. The summed E-state index contributed by atoms with van der Waals surface area (Å²) in [4.78, 5) is 11.6. The van der Waals surface area contributed by atoms with E-state index in [0.29, 0.717) is 92.4 Å². The van der Waals surface area contributed by atoms with Crippen LogP contribution < -0.4 is 5.32 Å². The van der Waals surface area contributed by atoms with Crippen molar-refractivity contribution < 1.29 is 42.7 Å². The minimum absolute atomic E-state index is 0.246. The first kappa shape index (κ1) is 38.2. The van der Waals surface area contributed by atoms with Gasteiger partial charge in [-0.3, -0.25) is 0 Å². The maximum Gasteiger partial charge on any atom is 0.407 e. The van der Waals surface area contributed by atoms with E-state index in [1.807, 2.05) is 30.3 Å². The number of hydrogen-bond acceptors (Lipinski definition) is 9. The number of nitrogens with one attached hydrogen (secondary N) is 1.